The highest BCUT2D eigenvalue weighted by Gasteiger charge is 2.12. The van der Waals surface area contributed by atoms with E-state index in [2.05, 4.69) is 43.9 Å². The van der Waals surface area contributed by atoms with Gasteiger partial charge in [0.25, 0.3) is 0 Å². The van der Waals surface area contributed by atoms with E-state index in [0.717, 1.165) is 51.6 Å². The van der Waals surface area contributed by atoms with Gasteiger partial charge in [-0.1, -0.05) is 26.0 Å². The maximum Gasteiger partial charge on any atom is 0.122 e. The first-order valence-corrected chi connectivity index (χ1v) is 8.80. The van der Waals surface area contributed by atoms with Gasteiger partial charge in [0.15, 0.2) is 0 Å². The summed E-state index contributed by atoms with van der Waals surface area (Å²) in [6.07, 6.45) is 3.46. The van der Waals surface area contributed by atoms with Crippen molar-refractivity contribution in [2.75, 3.05) is 39.5 Å². The van der Waals surface area contributed by atoms with Gasteiger partial charge in [-0.2, -0.15) is 0 Å². The highest BCUT2D eigenvalue weighted by atomic mass is 16.5. The van der Waals surface area contributed by atoms with Crippen LogP contribution in [-0.4, -0.2) is 44.4 Å². The topological polar surface area (TPSA) is 21.7 Å². The van der Waals surface area contributed by atoms with Crippen LogP contribution in [0.15, 0.2) is 18.2 Å². The Bertz CT molecular complexity index is 441. The van der Waals surface area contributed by atoms with Gasteiger partial charge in [-0.15, -0.1) is 0 Å². The lowest BCUT2D eigenvalue weighted by Gasteiger charge is -2.26. The molecule has 22 heavy (non-hydrogen) atoms. The van der Waals surface area contributed by atoms with Crippen molar-refractivity contribution < 1.29 is 9.47 Å². The molecule has 1 aliphatic rings. The van der Waals surface area contributed by atoms with E-state index in [1.165, 1.54) is 24.0 Å². The predicted octanol–water partition coefficient (Wildman–Crippen LogP) is 3.86. The molecule has 0 N–H and O–H groups in total. The Morgan fingerprint density at radius 3 is 2.68 bits per heavy atom. The van der Waals surface area contributed by atoms with Crippen molar-refractivity contribution in [3.05, 3.63) is 29.3 Å². The summed E-state index contributed by atoms with van der Waals surface area (Å²) in [5.74, 6) is 1.69. The largest absolute Gasteiger partial charge is 0.494 e. The normalized spacial score (nSPS) is 17.4. The molecule has 1 aromatic carbocycles. The molecule has 3 heteroatoms. The third-order valence-corrected chi connectivity index (χ3v) is 4.59. The molecular formula is C19H31NO2. The third-order valence-electron chi connectivity index (χ3n) is 4.59. The zero-order valence-corrected chi connectivity index (χ0v) is 14.4. The standard InChI is InChI=1S/C19H31NO2/c1-4-16(3)17-8-9-19(22-5-2)18(15-17)7-6-10-20-11-13-21-14-12-20/h8-9,15-16H,4-7,10-14H2,1-3H3. The van der Waals surface area contributed by atoms with Gasteiger partial charge >= 0.3 is 0 Å². The number of ether oxygens (including phenoxy) is 2. The number of benzene rings is 1. The van der Waals surface area contributed by atoms with Crippen molar-refractivity contribution in [2.45, 2.75) is 46.0 Å². The minimum atomic E-state index is 0.619. The molecule has 0 amide bonds. The van der Waals surface area contributed by atoms with E-state index in [1.807, 2.05) is 0 Å². The maximum atomic E-state index is 5.81. The molecule has 1 aliphatic heterocycles. The van der Waals surface area contributed by atoms with Crippen molar-refractivity contribution in [3.63, 3.8) is 0 Å². The Morgan fingerprint density at radius 1 is 1.23 bits per heavy atom. The van der Waals surface area contributed by atoms with Gasteiger partial charge in [-0.3, -0.25) is 4.90 Å². The van der Waals surface area contributed by atoms with Crippen molar-refractivity contribution in [2.24, 2.45) is 0 Å². The summed E-state index contributed by atoms with van der Waals surface area (Å²) in [6, 6.07) is 6.75. The quantitative estimate of drug-likeness (QED) is 0.728. The lowest BCUT2D eigenvalue weighted by molar-refractivity contribution is 0.0374. The first-order valence-electron chi connectivity index (χ1n) is 8.80. The molecule has 1 fully saturated rings. The lowest BCUT2D eigenvalue weighted by Crippen LogP contribution is -2.36. The average Bonchev–Trinajstić information content (AvgIpc) is 2.56. The van der Waals surface area contributed by atoms with Crippen LogP contribution >= 0.6 is 0 Å². The van der Waals surface area contributed by atoms with E-state index in [0.29, 0.717) is 5.92 Å². The molecule has 1 atom stereocenters. The predicted molar refractivity (Wildman–Crippen MR) is 91.9 cm³/mol. The van der Waals surface area contributed by atoms with Crippen LogP contribution in [0.1, 0.15) is 50.7 Å². The number of hydrogen-bond acceptors (Lipinski definition) is 3. The van der Waals surface area contributed by atoms with Crippen LogP contribution in [0.5, 0.6) is 5.75 Å². The van der Waals surface area contributed by atoms with E-state index in [-0.39, 0.29) is 0 Å². The van der Waals surface area contributed by atoms with Crippen LogP contribution in [0.25, 0.3) is 0 Å². The van der Waals surface area contributed by atoms with Crippen LogP contribution in [0.4, 0.5) is 0 Å². The SMILES string of the molecule is CCOc1ccc(C(C)CC)cc1CCCN1CCOCC1. The minimum absolute atomic E-state index is 0.619. The number of hydrogen-bond donors (Lipinski definition) is 0. The van der Waals surface area contributed by atoms with Gasteiger partial charge in [-0.25, -0.2) is 0 Å². The third kappa shape index (κ3) is 4.99. The van der Waals surface area contributed by atoms with Gasteiger partial charge in [0.2, 0.25) is 0 Å². The first-order chi connectivity index (χ1) is 10.7. The summed E-state index contributed by atoms with van der Waals surface area (Å²) >= 11 is 0. The van der Waals surface area contributed by atoms with Crippen molar-refractivity contribution in [3.8, 4) is 5.75 Å². The molecule has 3 nitrogen and oxygen atoms in total. The lowest BCUT2D eigenvalue weighted by atomic mass is 9.95. The van der Waals surface area contributed by atoms with Gasteiger partial charge in [0.05, 0.1) is 19.8 Å². The highest BCUT2D eigenvalue weighted by molar-refractivity contribution is 5.38. The molecule has 0 spiro atoms. The second kappa shape index (κ2) is 9.16. The molecule has 0 saturated carbocycles. The summed E-state index contributed by atoms with van der Waals surface area (Å²) in [5.41, 5.74) is 2.81. The number of rotatable bonds is 8. The fourth-order valence-electron chi connectivity index (χ4n) is 2.95. The van der Waals surface area contributed by atoms with E-state index >= 15 is 0 Å². The molecule has 0 radical (unpaired) electrons. The molecule has 2 rings (SSSR count). The molecular weight excluding hydrogens is 274 g/mol. The molecule has 124 valence electrons. The number of nitrogens with zero attached hydrogens (tertiary/aromatic N) is 1. The van der Waals surface area contributed by atoms with Crippen LogP contribution in [0.2, 0.25) is 0 Å². The Labute approximate surface area is 135 Å². The van der Waals surface area contributed by atoms with Gasteiger partial charge in [-0.05, 0) is 55.8 Å². The zero-order valence-electron chi connectivity index (χ0n) is 14.4. The van der Waals surface area contributed by atoms with Crippen molar-refractivity contribution in [1.82, 2.24) is 4.90 Å². The summed E-state index contributed by atoms with van der Waals surface area (Å²) in [6.45, 7) is 12.4. The van der Waals surface area contributed by atoms with Crippen molar-refractivity contribution >= 4 is 0 Å². The molecule has 1 unspecified atom stereocenters. The Hall–Kier alpha value is -1.06. The van der Waals surface area contributed by atoms with Crippen molar-refractivity contribution in [1.29, 1.82) is 0 Å². The molecule has 0 bridgehead atoms. The first kappa shape index (κ1) is 17.3. The van der Waals surface area contributed by atoms with Crippen LogP contribution in [0.3, 0.4) is 0 Å². The fourth-order valence-corrected chi connectivity index (χ4v) is 2.95. The summed E-state index contributed by atoms with van der Waals surface area (Å²) in [4.78, 5) is 2.50. The van der Waals surface area contributed by atoms with E-state index in [9.17, 15) is 0 Å². The second-order valence-electron chi connectivity index (χ2n) is 6.17. The smallest absolute Gasteiger partial charge is 0.122 e. The Balaban J connectivity index is 1.96. The molecule has 1 aromatic rings. The van der Waals surface area contributed by atoms with E-state index in [4.69, 9.17) is 9.47 Å². The number of morpholine rings is 1. The monoisotopic (exact) mass is 305 g/mol. The molecule has 0 aliphatic carbocycles. The molecule has 1 heterocycles. The molecule has 0 aromatic heterocycles. The molecule has 1 saturated heterocycles. The van der Waals surface area contributed by atoms with Gasteiger partial charge < -0.3 is 9.47 Å². The van der Waals surface area contributed by atoms with Crippen LogP contribution in [0, 0.1) is 0 Å². The Kier molecular flexibility index (Phi) is 7.20. The minimum Gasteiger partial charge on any atom is -0.494 e. The zero-order chi connectivity index (χ0) is 15.8. The van der Waals surface area contributed by atoms with E-state index < -0.39 is 0 Å². The van der Waals surface area contributed by atoms with E-state index in [1.54, 1.807) is 0 Å². The number of aryl methyl sites for hydroxylation is 1. The average molecular weight is 305 g/mol. The second-order valence-corrected chi connectivity index (χ2v) is 6.17. The van der Waals surface area contributed by atoms with Gasteiger partial charge in [0, 0.05) is 13.1 Å². The van der Waals surface area contributed by atoms with Gasteiger partial charge in [0.1, 0.15) is 5.75 Å². The fraction of sp³-hybridized carbons (Fsp3) is 0.684. The van der Waals surface area contributed by atoms with Crippen LogP contribution < -0.4 is 4.74 Å². The maximum absolute atomic E-state index is 5.81. The highest BCUT2D eigenvalue weighted by Crippen LogP contribution is 2.27. The summed E-state index contributed by atoms with van der Waals surface area (Å²) < 4.78 is 11.2. The van der Waals surface area contributed by atoms with Crippen LogP contribution in [-0.2, 0) is 11.2 Å². The summed E-state index contributed by atoms with van der Waals surface area (Å²) in [7, 11) is 0. The Morgan fingerprint density at radius 2 is 2.00 bits per heavy atom. The summed E-state index contributed by atoms with van der Waals surface area (Å²) in [5, 5.41) is 0.